The van der Waals surface area contributed by atoms with Gasteiger partial charge in [0.1, 0.15) is 5.82 Å². The zero-order valence-electron chi connectivity index (χ0n) is 15.5. The first-order valence-electron chi connectivity index (χ1n) is 9.67. The summed E-state index contributed by atoms with van der Waals surface area (Å²) in [6.07, 6.45) is 7.99. The SMILES string of the molecule is C=C1CCN(C2CC3CCC(C2)N3c2cc(C(C)C)ccn2)C(=C)N1. The summed E-state index contributed by atoms with van der Waals surface area (Å²) >= 11 is 0. The van der Waals surface area contributed by atoms with Crippen molar-refractivity contribution >= 4 is 5.82 Å². The van der Waals surface area contributed by atoms with E-state index in [1.807, 2.05) is 6.20 Å². The van der Waals surface area contributed by atoms with E-state index in [9.17, 15) is 0 Å². The molecule has 0 saturated carbocycles. The molecule has 0 aliphatic carbocycles. The van der Waals surface area contributed by atoms with Crippen molar-refractivity contribution in [2.24, 2.45) is 0 Å². The van der Waals surface area contributed by atoms with E-state index in [1.165, 1.54) is 37.1 Å². The molecule has 25 heavy (non-hydrogen) atoms. The first kappa shape index (κ1) is 16.5. The third-order valence-electron chi connectivity index (χ3n) is 6.17. The van der Waals surface area contributed by atoms with Gasteiger partial charge in [0.15, 0.2) is 0 Å². The molecule has 3 fully saturated rings. The largest absolute Gasteiger partial charge is 0.355 e. The molecule has 2 bridgehead atoms. The van der Waals surface area contributed by atoms with Crippen molar-refractivity contribution in [2.45, 2.75) is 70.0 Å². The summed E-state index contributed by atoms with van der Waals surface area (Å²) in [7, 11) is 0. The quantitative estimate of drug-likeness (QED) is 0.903. The van der Waals surface area contributed by atoms with Crippen LogP contribution in [0.4, 0.5) is 5.82 Å². The van der Waals surface area contributed by atoms with Gasteiger partial charge in [0, 0.05) is 43.0 Å². The predicted molar refractivity (Wildman–Crippen MR) is 103 cm³/mol. The molecule has 2 unspecified atom stereocenters. The highest BCUT2D eigenvalue weighted by Gasteiger charge is 2.43. The second kappa shape index (κ2) is 6.40. The molecule has 0 amide bonds. The molecule has 134 valence electrons. The molecule has 0 spiro atoms. The van der Waals surface area contributed by atoms with Gasteiger partial charge in [0.05, 0.1) is 5.82 Å². The standard InChI is InChI=1S/C21H30N4/c1-14(2)17-7-9-22-21(11-17)25-18-5-6-19(25)13-20(12-18)24-10-8-15(3)23-16(24)4/h7,9,11,14,18-20,23H,3-6,8,10,12-13H2,1-2H3. The summed E-state index contributed by atoms with van der Waals surface area (Å²) in [5, 5.41) is 3.35. The average molecular weight is 338 g/mol. The third-order valence-corrected chi connectivity index (χ3v) is 6.17. The van der Waals surface area contributed by atoms with Crippen LogP contribution in [0.15, 0.2) is 43.0 Å². The van der Waals surface area contributed by atoms with Gasteiger partial charge >= 0.3 is 0 Å². The lowest BCUT2D eigenvalue weighted by molar-refractivity contribution is 0.175. The first-order chi connectivity index (χ1) is 12.0. The summed E-state index contributed by atoms with van der Waals surface area (Å²) in [6, 6.07) is 6.27. The Balaban J connectivity index is 1.52. The van der Waals surface area contributed by atoms with Crippen LogP contribution in [0, 0.1) is 0 Å². The van der Waals surface area contributed by atoms with E-state index in [0.29, 0.717) is 24.0 Å². The summed E-state index contributed by atoms with van der Waals surface area (Å²) in [5.41, 5.74) is 2.48. The molecule has 0 radical (unpaired) electrons. The number of rotatable bonds is 3. The second-order valence-electron chi connectivity index (χ2n) is 8.14. The minimum absolute atomic E-state index is 0.549. The van der Waals surface area contributed by atoms with Crippen molar-refractivity contribution in [2.75, 3.05) is 11.4 Å². The van der Waals surface area contributed by atoms with E-state index in [-0.39, 0.29) is 0 Å². The fourth-order valence-electron chi connectivity index (χ4n) is 4.84. The number of nitrogens with zero attached hydrogens (tertiary/aromatic N) is 3. The van der Waals surface area contributed by atoms with Crippen molar-refractivity contribution in [1.82, 2.24) is 15.2 Å². The predicted octanol–water partition coefficient (Wildman–Crippen LogP) is 3.99. The van der Waals surface area contributed by atoms with Crippen molar-refractivity contribution in [3.63, 3.8) is 0 Å². The van der Waals surface area contributed by atoms with Gasteiger partial charge in [-0.15, -0.1) is 0 Å². The minimum Gasteiger partial charge on any atom is -0.355 e. The molecule has 3 aliphatic heterocycles. The summed E-state index contributed by atoms with van der Waals surface area (Å²) in [5.74, 6) is 2.77. The highest BCUT2D eigenvalue weighted by atomic mass is 15.3. The van der Waals surface area contributed by atoms with Crippen LogP contribution in [0.1, 0.15) is 57.4 Å². The summed E-state index contributed by atoms with van der Waals surface area (Å²) in [4.78, 5) is 9.81. The lowest BCUT2D eigenvalue weighted by atomic mass is 9.94. The molecule has 4 nitrogen and oxygen atoms in total. The van der Waals surface area contributed by atoms with Gasteiger partial charge in [0.25, 0.3) is 0 Å². The van der Waals surface area contributed by atoms with Crippen LogP contribution in [0.5, 0.6) is 0 Å². The Labute approximate surface area is 151 Å². The third kappa shape index (κ3) is 3.03. The van der Waals surface area contributed by atoms with E-state index >= 15 is 0 Å². The number of anilines is 1. The van der Waals surface area contributed by atoms with Crippen molar-refractivity contribution in [3.05, 3.63) is 48.6 Å². The molecule has 1 N–H and O–H groups in total. The fourth-order valence-corrected chi connectivity index (χ4v) is 4.84. The zero-order chi connectivity index (χ0) is 17.6. The van der Waals surface area contributed by atoms with Crippen LogP contribution in [0.3, 0.4) is 0 Å². The number of aromatic nitrogens is 1. The van der Waals surface area contributed by atoms with Crippen LogP contribution in [-0.4, -0.2) is 34.6 Å². The topological polar surface area (TPSA) is 31.4 Å². The fraction of sp³-hybridized carbons (Fsp3) is 0.571. The lowest BCUT2D eigenvalue weighted by Gasteiger charge is -2.46. The summed E-state index contributed by atoms with van der Waals surface area (Å²) in [6.45, 7) is 13.8. The smallest absolute Gasteiger partial charge is 0.129 e. The average Bonchev–Trinajstić information content (AvgIpc) is 2.85. The van der Waals surface area contributed by atoms with Gasteiger partial charge in [-0.05, 0) is 49.3 Å². The Morgan fingerprint density at radius 1 is 1.16 bits per heavy atom. The Morgan fingerprint density at radius 2 is 1.88 bits per heavy atom. The molecular weight excluding hydrogens is 308 g/mol. The van der Waals surface area contributed by atoms with Gasteiger partial charge < -0.3 is 15.1 Å². The van der Waals surface area contributed by atoms with E-state index in [0.717, 1.165) is 24.5 Å². The number of nitrogens with one attached hydrogen (secondary N) is 1. The molecule has 0 aromatic carbocycles. The van der Waals surface area contributed by atoms with Crippen LogP contribution in [-0.2, 0) is 0 Å². The first-order valence-corrected chi connectivity index (χ1v) is 9.67. The number of hydrogen-bond donors (Lipinski definition) is 1. The van der Waals surface area contributed by atoms with Crippen molar-refractivity contribution in [1.29, 1.82) is 0 Å². The van der Waals surface area contributed by atoms with E-state index in [1.54, 1.807) is 0 Å². The molecule has 2 atom stereocenters. The van der Waals surface area contributed by atoms with E-state index in [4.69, 9.17) is 4.98 Å². The number of piperidine rings is 1. The Morgan fingerprint density at radius 3 is 2.52 bits per heavy atom. The lowest BCUT2D eigenvalue weighted by Crippen LogP contribution is -2.53. The highest BCUT2D eigenvalue weighted by molar-refractivity contribution is 5.46. The molecule has 3 aliphatic rings. The van der Waals surface area contributed by atoms with E-state index < -0.39 is 0 Å². The van der Waals surface area contributed by atoms with Gasteiger partial charge in [-0.25, -0.2) is 4.98 Å². The van der Waals surface area contributed by atoms with Gasteiger partial charge in [-0.2, -0.15) is 0 Å². The Kier molecular flexibility index (Phi) is 4.22. The number of hydrogen-bond acceptors (Lipinski definition) is 4. The molecule has 1 aromatic rings. The number of pyridine rings is 1. The maximum atomic E-state index is 4.72. The monoisotopic (exact) mass is 338 g/mol. The van der Waals surface area contributed by atoms with Crippen LogP contribution >= 0.6 is 0 Å². The zero-order valence-corrected chi connectivity index (χ0v) is 15.5. The van der Waals surface area contributed by atoms with Gasteiger partial charge in [0.2, 0.25) is 0 Å². The van der Waals surface area contributed by atoms with Crippen LogP contribution in [0.25, 0.3) is 0 Å². The Bertz CT molecular complexity index is 666. The molecule has 1 aromatic heterocycles. The minimum atomic E-state index is 0.549. The van der Waals surface area contributed by atoms with E-state index in [2.05, 4.69) is 54.3 Å². The number of fused-ring (bicyclic) bond motifs is 2. The second-order valence-corrected chi connectivity index (χ2v) is 8.14. The summed E-state index contributed by atoms with van der Waals surface area (Å²) < 4.78 is 0. The van der Waals surface area contributed by atoms with Crippen LogP contribution in [0.2, 0.25) is 0 Å². The Hall–Kier alpha value is -1.97. The van der Waals surface area contributed by atoms with Gasteiger partial charge in [-0.1, -0.05) is 27.0 Å². The highest BCUT2D eigenvalue weighted by Crippen LogP contribution is 2.41. The van der Waals surface area contributed by atoms with Crippen molar-refractivity contribution in [3.8, 4) is 0 Å². The van der Waals surface area contributed by atoms with Crippen molar-refractivity contribution < 1.29 is 0 Å². The normalized spacial score (nSPS) is 29.3. The maximum absolute atomic E-state index is 4.72. The molecule has 3 saturated heterocycles. The van der Waals surface area contributed by atoms with Crippen LogP contribution < -0.4 is 10.2 Å². The van der Waals surface area contributed by atoms with Gasteiger partial charge in [-0.3, -0.25) is 0 Å². The molecular formula is C21H30N4. The molecule has 4 heterocycles. The molecule has 4 heteroatoms. The maximum Gasteiger partial charge on any atom is 0.129 e. The molecule has 4 rings (SSSR count).